The van der Waals surface area contributed by atoms with Crippen LogP contribution in [0.5, 0.6) is 0 Å². The Hall–Kier alpha value is -2.38. The quantitative estimate of drug-likeness (QED) is 0.800. The molecule has 2 aliphatic rings. The monoisotopic (exact) mass is 367 g/mol. The van der Waals surface area contributed by atoms with Crippen LogP contribution in [0.2, 0.25) is 0 Å². The second-order valence-corrected chi connectivity index (χ2v) is 7.63. The summed E-state index contributed by atoms with van der Waals surface area (Å²) in [4.78, 5) is 21.2. The number of likely N-dealkylation sites (tertiary alicyclic amines) is 2. The molecule has 0 aliphatic carbocycles. The van der Waals surface area contributed by atoms with E-state index in [1.165, 1.54) is 6.20 Å². The Labute approximate surface area is 159 Å². The number of hydrogen-bond acceptors (Lipinski definition) is 6. The molecule has 0 saturated carbocycles. The van der Waals surface area contributed by atoms with E-state index in [4.69, 9.17) is 4.74 Å². The third-order valence-electron chi connectivity index (χ3n) is 5.77. The predicted molar refractivity (Wildman–Crippen MR) is 99.9 cm³/mol. The number of rotatable bonds is 5. The average Bonchev–Trinajstić information content (AvgIpc) is 2.68. The number of amides is 1. The number of pyridine rings is 1. The summed E-state index contributed by atoms with van der Waals surface area (Å²) in [6.07, 6.45) is 7.07. The van der Waals surface area contributed by atoms with Crippen LogP contribution in [0.1, 0.15) is 28.9 Å². The zero-order chi connectivity index (χ0) is 18.7. The minimum Gasteiger partial charge on any atom is -0.375 e. The highest BCUT2D eigenvalue weighted by molar-refractivity contribution is 5.94. The number of nitrogens with zero attached hydrogens (tertiary/aromatic N) is 5. The van der Waals surface area contributed by atoms with Crippen LogP contribution in [-0.2, 0) is 11.3 Å². The van der Waals surface area contributed by atoms with Gasteiger partial charge in [-0.15, -0.1) is 0 Å². The fourth-order valence-corrected chi connectivity index (χ4v) is 4.14. The van der Waals surface area contributed by atoms with E-state index < -0.39 is 0 Å². The number of ether oxygens (including phenoxy) is 1. The molecule has 4 heterocycles. The molecule has 2 aromatic heterocycles. The largest absolute Gasteiger partial charge is 0.375 e. The predicted octanol–water partition coefficient (Wildman–Crippen LogP) is 1.62. The highest BCUT2D eigenvalue weighted by atomic mass is 16.5. The van der Waals surface area contributed by atoms with Gasteiger partial charge < -0.3 is 9.64 Å². The molecular weight excluding hydrogens is 342 g/mol. The van der Waals surface area contributed by atoms with Crippen LogP contribution in [0.4, 0.5) is 0 Å². The normalized spacial score (nSPS) is 21.8. The smallest absolute Gasteiger partial charge is 0.255 e. The van der Waals surface area contributed by atoms with Crippen LogP contribution in [0.25, 0.3) is 0 Å². The molecular formula is C20H25N5O2. The number of carbonyl (C=O) groups excluding carboxylic acids is 1. The fraction of sp³-hybridized carbons (Fsp3) is 0.500. The van der Waals surface area contributed by atoms with Crippen LogP contribution in [0.15, 0.2) is 42.9 Å². The molecule has 2 saturated heterocycles. The lowest BCUT2D eigenvalue weighted by atomic mass is 9.75. The molecule has 142 valence electrons. The van der Waals surface area contributed by atoms with E-state index >= 15 is 0 Å². The van der Waals surface area contributed by atoms with E-state index in [1.807, 2.05) is 23.1 Å². The van der Waals surface area contributed by atoms with Crippen molar-refractivity contribution in [1.29, 1.82) is 0 Å². The molecule has 7 nitrogen and oxygen atoms in total. The van der Waals surface area contributed by atoms with Crippen molar-refractivity contribution < 1.29 is 9.53 Å². The van der Waals surface area contributed by atoms with Crippen LogP contribution < -0.4 is 0 Å². The molecule has 0 bridgehead atoms. The Morgan fingerprint density at radius 1 is 1.26 bits per heavy atom. The van der Waals surface area contributed by atoms with Crippen molar-refractivity contribution in [2.45, 2.75) is 25.0 Å². The minimum absolute atomic E-state index is 0.0393. The summed E-state index contributed by atoms with van der Waals surface area (Å²) in [5, 5.41) is 7.55. The summed E-state index contributed by atoms with van der Waals surface area (Å²) in [6.45, 7) is 3.87. The van der Waals surface area contributed by atoms with Gasteiger partial charge in [0.25, 0.3) is 5.91 Å². The maximum Gasteiger partial charge on any atom is 0.255 e. The third kappa shape index (κ3) is 3.84. The van der Waals surface area contributed by atoms with Gasteiger partial charge in [-0.2, -0.15) is 10.2 Å². The lowest BCUT2D eigenvalue weighted by molar-refractivity contribution is -0.0769. The van der Waals surface area contributed by atoms with Crippen LogP contribution in [-0.4, -0.2) is 69.7 Å². The maximum atomic E-state index is 12.6. The van der Waals surface area contributed by atoms with Gasteiger partial charge in [0.05, 0.1) is 42.4 Å². The molecule has 1 amide bonds. The molecule has 7 heteroatoms. The molecule has 4 rings (SSSR count). The summed E-state index contributed by atoms with van der Waals surface area (Å²) in [7, 11) is 2.17. The summed E-state index contributed by atoms with van der Waals surface area (Å²) < 4.78 is 5.92. The molecule has 2 aliphatic heterocycles. The van der Waals surface area contributed by atoms with E-state index in [1.54, 1.807) is 18.5 Å². The average molecular weight is 367 g/mol. The van der Waals surface area contributed by atoms with E-state index in [0.29, 0.717) is 18.1 Å². The first-order valence-electron chi connectivity index (χ1n) is 9.41. The van der Waals surface area contributed by atoms with Gasteiger partial charge in [0.15, 0.2) is 0 Å². The number of hydrogen-bond donors (Lipinski definition) is 0. The Balaban J connectivity index is 1.30. The molecule has 0 N–H and O–H groups in total. The van der Waals surface area contributed by atoms with Crippen LogP contribution in [0.3, 0.4) is 0 Å². The first-order valence-corrected chi connectivity index (χ1v) is 9.41. The number of piperidine rings is 1. The molecule has 0 aromatic carbocycles. The van der Waals surface area contributed by atoms with E-state index in [0.717, 1.165) is 44.8 Å². The van der Waals surface area contributed by atoms with Gasteiger partial charge in [-0.3, -0.25) is 14.7 Å². The Morgan fingerprint density at radius 2 is 2.15 bits per heavy atom. The van der Waals surface area contributed by atoms with Gasteiger partial charge in [0, 0.05) is 19.3 Å². The minimum atomic E-state index is 0.0393. The van der Waals surface area contributed by atoms with Crippen molar-refractivity contribution in [3.05, 3.63) is 54.1 Å². The molecule has 0 radical (unpaired) electrons. The van der Waals surface area contributed by atoms with Crippen molar-refractivity contribution >= 4 is 5.91 Å². The molecule has 1 spiro atoms. The lowest BCUT2D eigenvalue weighted by Crippen LogP contribution is -2.72. The van der Waals surface area contributed by atoms with Gasteiger partial charge in [-0.1, -0.05) is 6.07 Å². The van der Waals surface area contributed by atoms with Crippen molar-refractivity contribution in [2.75, 3.05) is 33.3 Å². The lowest BCUT2D eigenvalue weighted by Gasteiger charge is -2.58. The van der Waals surface area contributed by atoms with Crippen molar-refractivity contribution in [3.8, 4) is 0 Å². The Morgan fingerprint density at radius 3 is 2.89 bits per heavy atom. The van der Waals surface area contributed by atoms with Gasteiger partial charge in [0.1, 0.15) is 0 Å². The van der Waals surface area contributed by atoms with Gasteiger partial charge in [0.2, 0.25) is 0 Å². The Bertz CT molecular complexity index is 764. The van der Waals surface area contributed by atoms with Crippen molar-refractivity contribution in [1.82, 2.24) is 25.0 Å². The van der Waals surface area contributed by atoms with Crippen molar-refractivity contribution in [3.63, 3.8) is 0 Å². The standard InChI is InChI=1S/C20H25N5O2/c1-24-9-6-16(12-27-13-18-4-2-3-7-21-18)10-20(24)14-25(15-20)19(26)17-5-8-22-23-11-17/h2-5,7-8,11,16H,6,9-10,12-15H2,1H3/t16-/m0/s1. The summed E-state index contributed by atoms with van der Waals surface area (Å²) >= 11 is 0. The van der Waals surface area contributed by atoms with E-state index in [-0.39, 0.29) is 11.4 Å². The van der Waals surface area contributed by atoms with Gasteiger partial charge in [-0.25, -0.2) is 0 Å². The molecule has 0 unspecified atom stereocenters. The summed E-state index contributed by atoms with van der Waals surface area (Å²) in [5.74, 6) is 0.558. The summed E-state index contributed by atoms with van der Waals surface area (Å²) in [5.41, 5.74) is 1.65. The van der Waals surface area contributed by atoms with Crippen LogP contribution in [0, 0.1) is 5.92 Å². The zero-order valence-electron chi connectivity index (χ0n) is 15.6. The first-order chi connectivity index (χ1) is 13.2. The third-order valence-corrected chi connectivity index (χ3v) is 5.77. The molecule has 2 aromatic rings. The highest BCUT2D eigenvalue weighted by Gasteiger charge is 2.51. The van der Waals surface area contributed by atoms with Crippen LogP contribution >= 0.6 is 0 Å². The second-order valence-electron chi connectivity index (χ2n) is 7.63. The topological polar surface area (TPSA) is 71.5 Å². The molecule has 1 atom stereocenters. The highest BCUT2D eigenvalue weighted by Crippen LogP contribution is 2.38. The second kappa shape index (κ2) is 7.70. The van der Waals surface area contributed by atoms with Gasteiger partial charge >= 0.3 is 0 Å². The molecule has 2 fully saturated rings. The zero-order valence-corrected chi connectivity index (χ0v) is 15.6. The fourth-order valence-electron chi connectivity index (χ4n) is 4.14. The summed E-state index contributed by atoms with van der Waals surface area (Å²) in [6, 6.07) is 7.60. The maximum absolute atomic E-state index is 12.6. The number of aromatic nitrogens is 3. The Kier molecular flexibility index (Phi) is 5.13. The number of likely N-dealkylation sites (N-methyl/N-ethyl adjacent to an activating group) is 1. The SMILES string of the molecule is CN1CC[C@H](COCc2ccccn2)CC12CN(C(=O)c1ccnnc1)C2. The van der Waals surface area contributed by atoms with E-state index in [9.17, 15) is 4.79 Å². The van der Waals surface area contributed by atoms with Gasteiger partial charge in [-0.05, 0) is 50.6 Å². The first kappa shape index (κ1) is 18.0. The van der Waals surface area contributed by atoms with Crippen molar-refractivity contribution in [2.24, 2.45) is 5.92 Å². The number of carbonyl (C=O) groups is 1. The molecule has 27 heavy (non-hydrogen) atoms. The van der Waals surface area contributed by atoms with E-state index in [2.05, 4.69) is 27.1 Å².